The quantitative estimate of drug-likeness (QED) is 0.339. The van der Waals surface area contributed by atoms with E-state index in [1.807, 2.05) is 25.1 Å². The highest BCUT2D eigenvalue weighted by Gasteiger charge is 2.09. The van der Waals surface area contributed by atoms with Crippen molar-refractivity contribution in [2.45, 2.75) is 19.8 Å². The van der Waals surface area contributed by atoms with Gasteiger partial charge in [0.25, 0.3) is 0 Å². The van der Waals surface area contributed by atoms with Gasteiger partial charge in [-0.3, -0.25) is 0 Å². The van der Waals surface area contributed by atoms with Crippen LogP contribution in [0.2, 0.25) is 0 Å². The molecule has 0 unspecified atom stereocenters. The molecular formula is C22H19FO2. The molecule has 0 aliphatic carbocycles. The van der Waals surface area contributed by atoms with Gasteiger partial charge < -0.3 is 4.74 Å². The SMILES string of the molecule is C/C=C/CCc1ccc(OC(=O)c2ccc3cc(F)ccc3c2)cc1. The predicted octanol–water partition coefficient (Wildman–Crippen LogP) is 5.71. The fourth-order valence-corrected chi connectivity index (χ4v) is 2.65. The summed E-state index contributed by atoms with van der Waals surface area (Å²) in [6.07, 6.45) is 6.11. The maximum Gasteiger partial charge on any atom is 0.343 e. The maximum absolute atomic E-state index is 13.2. The lowest BCUT2D eigenvalue weighted by atomic mass is 10.1. The van der Waals surface area contributed by atoms with Crippen LogP contribution in [-0.2, 0) is 6.42 Å². The zero-order chi connectivity index (χ0) is 17.6. The Bertz CT molecular complexity index is 911. The molecule has 0 saturated heterocycles. The summed E-state index contributed by atoms with van der Waals surface area (Å²) in [6.45, 7) is 2.01. The third kappa shape index (κ3) is 4.32. The molecule has 0 bridgehead atoms. The Balaban J connectivity index is 1.70. The van der Waals surface area contributed by atoms with E-state index in [9.17, 15) is 9.18 Å². The van der Waals surface area contributed by atoms with Crippen LogP contribution < -0.4 is 4.74 Å². The number of rotatable bonds is 5. The van der Waals surface area contributed by atoms with Crippen molar-refractivity contribution < 1.29 is 13.9 Å². The molecule has 3 aromatic carbocycles. The van der Waals surface area contributed by atoms with Crippen molar-refractivity contribution in [2.75, 3.05) is 0 Å². The summed E-state index contributed by atoms with van der Waals surface area (Å²) in [4.78, 5) is 12.3. The van der Waals surface area contributed by atoms with Gasteiger partial charge in [0.1, 0.15) is 11.6 Å². The molecule has 0 atom stereocenters. The molecule has 0 heterocycles. The van der Waals surface area contributed by atoms with Crippen molar-refractivity contribution in [3.8, 4) is 5.75 Å². The van der Waals surface area contributed by atoms with Gasteiger partial charge in [-0.25, -0.2) is 9.18 Å². The van der Waals surface area contributed by atoms with Gasteiger partial charge in [-0.2, -0.15) is 0 Å². The van der Waals surface area contributed by atoms with Crippen LogP contribution in [0.5, 0.6) is 5.75 Å². The van der Waals surface area contributed by atoms with Gasteiger partial charge in [-0.05, 0) is 72.5 Å². The van der Waals surface area contributed by atoms with Gasteiger partial charge in [-0.1, -0.05) is 36.4 Å². The summed E-state index contributed by atoms with van der Waals surface area (Å²) < 4.78 is 18.6. The van der Waals surface area contributed by atoms with E-state index in [0.717, 1.165) is 23.6 Å². The molecular weight excluding hydrogens is 315 g/mol. The number of allylic oxidation sites excluding steroid dienone is 2. The minimum absolute atomic E-state index is 0.294. The number of esters is 1. The molecule has 0 aromatic heterocycles. The van der Waals surface area contributed by atoms with Crippen molar-refractivity contribution in [1.29, 1.82) is 0 Å². The van der Waals surface area contributed by atoms with Gasteiger partial charge in [0, 0.05) is 0 Å². The fourth-order valence-electron chi connectivity index (χ4n) is 2.65. The van der Waals surface area contributed by atoms with Crippen molar-refractivity contribution in [3.63, 3.8) is 0 Å². The van der Waals surface area contributed by atoms with Gasteiger partial charge in [-0.15, -0.1) is 0 Å². The average molecular weight is 334 g/mol. The molecule has 0 aliphatic heterocycles. The number of halogens is 1. The molecule has 3 heteroatoms. The van der Waals surface area contributed by atoms with Crippen LogP contribution in [0, 0.1) is 5.82 Å². The molecule has 3 aromatic rings. The molecule has 0 radical (unpaired) electrons. The Labute approximate surface area is 146 Å². The van der Waals surface area contributed by atoms with Crippen molar-refractivity contribution >= 4 is 16.7 Å². The minimum Gasteiger partial charge on any atom is -0.423 e. The first kappa shape index (κ1) is 16.9. The molecule has 0 N–H and O–H groups in total. The monoisotopic (exact) mass is 334 g/mol. The highest BCUT2D eigenvalue weighted by molar-refractivity contribution is 5.96. The van der Waals surface area contributed by atoms with E-state index < -0.39 is 5.97 Å². The average Bonchev–Trinajstić information content (AvgIpc) is 2.63. The first-order chi connectivity index (χ1) is 12.2. The molecule has 25 heavy (non-hydrogen) atoms. The number of aryl methyl sites for hydroxylation is 1. The van der Waals surface area contributed by atoms with E-state index in [-0.39, 0.29) is 5.82 Å². The summed E-state index contributed by atoms with van der Waals surface area (Å²) in [5, 5.41) is 1.55. The van der Waals surface area contributed by atoms with E-state index in [4.69, 9.17) is 4.74 Å². The zero-order valence-corrected chi connectivity index (χ0v) is 14.0. The van der Waals surface area contributed by atoms with Crippen LogP contribution >= 0.6 is 0 Å². The second-order valence-corrected chi connectivity index (χ2v) is 5.85. The highest BCUT2D eigenvalue weighted by atomic mass is 19.1. The Hall–Kier alpha value is -2.94. The van der Waals surface area contributed by atoms with Gasteiger partial charge >= 0.3 is 5.97 Å². The number of carbonyl (C=O) groups is 1. The number of carbonyl (C=O) groups excluding carboxylic acids is 1. The summed E-state index contributed by atoms with van der Waals surface area (Å²) >= 11 is 0. The first-order valence-electron chi connectivity index (χ1n) is 8.27. The lowest BCUT2D eigenvalue weighted by Crippen LogP contribution is -2.08. The van der Waals surface area contributed by atoms with E-state index in [2.05, 4.69) is 6.08 Å². The van der Waals surface area contributed by atoms with E-state index in [1.165, 1.54) is 17.7 Å². The Morgan fingerprint density at radius 3 is 2.48 bits per heavy atom. The Morgan fingerprint density at radius 1 is 1.00 bits per heavy atom. The standard InChI is InChI=1S/C22H19FO2/c1-2-3-4-5-16-6-12-21(13-7-16)25-22(24)19-9-8-18-15-20(23)11-10-17(18)14-19/h2-3,6-15H,4-5H2,1H3/b3-2+. The fraction of sp³-hybridized carbons (Fsp3) is 0.136. The van der Waals surface area contributed by atoms with Crippen LogP contribution in [0.15, 0.2) is 72.8 Å². The molecule has 0 saturated carbocycles. The van der Waals surface area contributed by atoms with Crippen LogP contribution in [0.25, 0.3) is 10.8 Å². The largest absolute Gasteiger partial charge is 0.423 e. The smallest absolute Gasteiger partial charge is 0.343 e. The van der Waals surface area contributed by atoms with Crippen molar-refractivity contribution in [3.05, 3.63) is 89.8 Å². The highest BCUT2D eigenvalue weighted by Crippen LogP contribution is 2.20. The number of fused-ring (bicyclic) bond motifs is 1. The van der Waals surface area contributed by atoms with Crippen LogP contribution in [0.4, 0.5) is 4.39 Å². The topological polar surface area (TPSA) is 26.3 Å². The molecule has 0 amide bonds. The number of benzene rings is 3. The summed E-state index contributed by atoms with van der Waals surface area (Å²) in [7, 11) is 0. The third-order valence-corrected chi connectivity index (χ3v) is 4.01. The van der Waals surface area contributed by atoms with Gasteiger partial charge in [0.05, 0.1) is 5.56 Å². The molecule has 126 valence electrons. The van der Waals surface area contributed by atoms with Gasteiger partial charge in [0.15, 0.2) is 0 Å². The summed E-state index contributed by atoms with van der Waals surface area (Å²) in [5.74, 6) is -0.204. The second-order valence-electron chi connectivity index (χ2n) is 5.85. The Kier molecular flexibility index (Phi) is 5.24. The molecule has 3 rings (SSSR count). The lowest BCUT2D eigenvalue weighted by molar-refractivity contribution is 0.0735. The first-order valence-corrected chi connectivity index (χ1v) is 8.27. The van der Waals surface area contributed by atoms with Crippen molar-refractivity contribution in [2.24, 2.45) is 0 Å². The van der Waals surface area contributed by atoms with E-state index in [1.54, 1.807) is 36.4 Å². The normalized spacial score (nSPS) is 11.1. The van der Waals surface area contributed by atoms with E-state index in [0.29, 0.717) is 11.3 Å². The van der Waals surface area contributed by atoms with Crippen LogP contribution in [0.1, 0.15) is 29.3 Å². The molecule has 2 nitrogen and oxygen atoms in total. The molecule has 0 aliphatic rings. The minimum atomic E-state index is -0.423. The molecule has 0 fully saturated rings. The number of hydrogen-bond donors (Lipinski definition) is 0. The van der Waals surface area contributed by atoms with Gasteiger partial charge in [0.2, 0.25) is 0 Å². The predicted molar refractivity (Wildman–Crippen MR) is 98.4 cm³/mol. The van der Waals surface area contributed by atoms with Crippen LogP contribution in [0.3, 0.4) is 0 Å². The third-order valence-electron chi connectivity index (χ3n) is 4.01. The zero-order valence-electron chi connectivity index (χ0n) is 14.0. The summed E-state index contributed by atoms with van der Waals surface area (Å²) in [6, 6.07) is 17.1. The summed E-state index contributed by atoms with van der Waals surface area (Å²) in [5.41, 5.74) is 1.64. The Morgan fingerprint density at radius 2 is 1.72 bits per heavy atom. The van der Waals surface area contributed by atoms with Crippen LogP contribution in [-0.4, -0.2) is 5.97 Å². The van der Waals surface area contributed by atoms with Crippen molar-refractivity contribution in [1.82, 2.24) is 0 Å². The van der Waals surface area contributed by atoms with E-state index >= 15 is 0 Å². The lowest BCUT2D eigenvalue weighted by Gasteiger charge is -2.07. The number of hydrogen-bond acceptors (Lipinski definition) is 2. The number of ether oxygens (including phenoxy) is 1. The molecule has 0 spiro atoms. The maximum atomic E-state index is 13.2. The second kappa shape index (κ2) is 7.75.